The predicted octanol–water partition coefficient (Wildman–Crippen LogP) is 3.39. The van der Waals surface area contributed by atoms with Crippen molar-refractivity contribution in [3.05, 3.63) is 35.4 Å². The third-order valence-corrected chi connectivity index (χ3v) is 2.19. The number of hydrogen-bond donors (Lipinski definition) is 1. The van der Waals surface area contributed by atoms with E-state index in [2.05, 4.69) is 0 Å². The zero-order valence-electron chi connectivity index (χ0n) is 8.55. The number of aliphatic hydroxyl groups is 1. The van der Waals surface area contributed by atoms with E-state index < -0.39 is 17.8 Å². The Bertz CT molecular complexity index is 331. The van der Waals surface area contributed by atoms with Crippen molar-refractivity contribution in [2.45, 2.75) is 26.1 Å². The standard InChI is InChI=1S/C11H13F3O/c1-7(2)10(15)8-4-3-5-9(6-8)11(12,13)14/h3-7,10,15H,1-2H3/t10-/m0/s1. The van der Waals surface area contributed by atoms with Crippen LogP contribution in [0.5, 0.6) is 0 Å². The third-order valence-electron chi connectivity index (χ3n) is 2.19. The summed E-state index contributed by atoms with van der Waals surface area (Å²) >= 11 is 0. The largest absolute Gasteiger partial charge is 0.416 e. The van der Waals surface area contributed by atoms with Gasteiger partial charge in [-0.1, -0.05) is 26.0 Å². The van der Waals surface area contributed by atoms with E-state index in [0.29, 0.717) is 5.56 Å². The van der Waals surface area contributed by atoms with E-state index in [9.17, 15) is 18.3 Å². The summed E-state index contributed by atoms with van der Waals surface area (Å²) in [5, 5.41) is 9.62. The van der Waals surface area contributed by atoms with Crippen LogP contribution in [0.3, 0.4) is 0 Å². The van der Waals surface area contributed by atoms with Gasteiger partial charge < -0.3 is 5.11 Å². The van der Waals surface area contributed by atoms with Gasteiger partial charge in [0.15, 0.2) is 0 Å². The second-order valence-corrected chi connectivity index (χ2v) is 3.81. The van der Waals surface area contributed by atoms with Gasteiger partial charge in [-0.3, -0.25) is 0 Å². The first-order valence-electron chi connectivity index (χ1n) is 4.67. The molecule has 84 valence electrons. The molecule has 0 spiro atoms. The highest BCUT2D eigenvalue weighted by Crippen LogP contribution is 2.31. The Hall–Kier alpha value is -1.03. The summed E-state index contributed by atoms with van der Waals surface area (Å²) in [7, 11) is 0. The minimum atomic E-state index is -4.35. The van der Waals surface area contributed by atoms with E-state index in [4.69, 9.17) is 0 Å². The molecule has 1 atom stereocenters. The monoisotopic (exact) mass is 218 g/mol. The summed E-state index contributed by atoms with van der Waals surface area (Å²) in [6.45, 7) is 3.51. The highest BCUT2D eigenvalue weighted by Gasteiger charge is 2.30. The van der Waals surface area contributed by atoms with E-state index in [-0.39, 0.29) is 5.92 Å². The van der Waals surface area contributed by atoms with Crippen LogP contribution in [0.1, 0.15) is 31.1 Å². The number of benzene rings is 1. The molecule has 15 heavy (non-hydrogen) atoms. The Morgan fingerprint density at radius 2 is 1.80 bits per heavy atom. The van der Waals surface area contributed by atoms with E-state index in [1.54, 1.807) is 13.8 Å². The molecule has 1 N–H and O–H groups in total. The van der Waals surface area contributed by atoms with Gasteiger partial charge in [0.05, 0.1) is 11.7 Å². The van der Waals surface area contributed by atoms with Crippen LogP contribution in [0.2, 0.25) is 0 Å². The van der Waals surface area contributed by atoms with Crippen molar-refractivity contribution in [3.8, 4) is 0 Å². The van der Waals surface area contributed by atoms with E-state index >= 15 is 0 Å². The fourth-order valence-electron chi connectivity index (χ4n) is 1.28. The van der Waals surface area contributed by atoms with Crippen molar-refractivity contribution in [1.82, 2.24) is 0 Å². The first-order chi connectivity index (χ1) is 6.82. The van der Waals surface area contributed by atoms with Crippen LogP contribution in [0.15, 0.2) is 24.3 Å². The second-order valence-electron chi connectivity index (χ2n) is 3.81. The van der Waals surface area contributed by atoms with Gasteiger partial charge in [-0.05, 0) is 23.6 Å². The van der Waals surface area contributed by atoms with E-state index in [1.807, 2.05) is 0 Å². The highest BCUT2D eigenvalue weighted by molar-refractivity contribution is 5.27. The maximum atomic E-state index is 12.4. The Balaban J connectivity index is 3.03. The lowest BCUT2D eigenvalue weighted by atomic mass is 9.97. The van der Waals surface area contributed by atoms with Gasteiger partial charge in [-0.15, -0.1) is 0 Å². The van der Waals surface area contributed by atoms with Gasteiger partial charge in [0, 0.05) is 0 Å². The second kappa shape index (κ2) is 4.23. The lowest BCUT2D eigenvalue weighted by Gasteiger charge is -2.16. The summed E-state index contributed by atoms with van der Waals surface area (Å²) in [5.41, 5.74) is -0.417. The summed E-state index contributed by atoms with van der Waals surface area (Å²) in [6, 6.07) is 4.80. The molecule has 0 amide bonds. The van der Waals surface area contributed by atoms with Crippen LogP contribution < -0.4 is 0 Å². The van der Waals surface area contributed by atoms with Crippen molar-refractivity contribution in [1.29, 1.82) is 0 Å². The molecule has 0 saturated heterocycles. The molecule has 0 fully saturated rings. The molecule has 0 aromatic heterocycles. The number of hydrogen-bond acceptors (Lipinski definition) is 1. The fourth-order valence-corrected chi connectivity index (χ4v) is 1.28. The average molecular weight is 218 g/mol. The molecule has 1 nitrogen and oxygen atoms in total. The fraction of sp³-hybridized carbons (Fsp3) is 0.455. The minimum Gasteiger partial charge on any atom is -0.388 e. The molecule has 1 aromatic carbocycles. The normalized spacial score (nSPS) is 14.3. The van der Waals surface area contributed by atoms with Gasteiger partial charge in [0.2, 0.25) is 0 Å². The summed E-state index contributed by atoms with van der Waals surface area (Å²) < 4.78 is 37.1. The van der Waals surface area contributed by atoms with Gasteiger partial charge in [0.25, 0.3) is 0 Å². The molecule has 0 bridgehead atoms. The molecule has 0 aliphatic heterocycles. The van der Waals surface area contributed by atoms with Crippen LogP contribution in [-0.4, -0.2) is 5.11 Å². The van der Waals surface area contributed by atoms with Crippen molar-refractivity contribution in [2.24, 2.45) is 5.92 Å². The van der Waals surface area contributed by atoms with Gasteiger partial charge >= 0.3 is 6.18 Å². The van der Waals surface area contributed by atoms with Gasteiger partial charge in [0.1, 0.15) is 0 Å². The quantitative estimate of drug-likeness (QED) is 0.806. The van der Waals surface area contributed by atoms with Crippen LogP contribution in [0.4, 0.5) is 13.2 Å². The van der Waals surface area contributed by atoms with Crippen LogP contribution >= 0.6 is 0 Å². The van der Waals surface area contributed by atoms with Crippen LogP contribution in [0, 0.1) is 5.92 Å². The molecule has 0 heterocycles. The molecule has 0 unspecified atom stereocenters. The number of aliphatic hydroxyl groups excluding tert-OH is 1. The van der Waals surface area contributed by atoms with E-state index in [1.165, 1.54) is 12.1 Å². The Kier molecular flexibility index (Phi) is 3.39. The first kappa shape index (κ1) is 12.0. The van der Waals surface area contributed by atoms with Crippen molar-refractivity contribution < 1.29 is 18.3 Å². The van der Waals surface area contributed by atoms with Gasteiger partial charge in [-0.2, -0.15) is 13.2 Å². The van der Waals surface area contributed by atoms with Crippen molar-refractivity contribution in [2.75, 3.05) is 0 Å². The molecule has 0 aliphatic rings. The number of alkyl halides is 3. The first-order valence-corrected chi connectivity index (χ1v) is 4.67. The number of rotatable bonds is 2. The zero-order chi connectivity index (χ0) is 11.6. The predicted molar refractivity (Wildman–Crippen MR) is 51.2 cm³/mol. The SMILES string of the molecule is CC(C)[C@H](O)c1cccc(C(F)(F)F)c1. The molecular formula is C11H13F3O. The highest BCUT2D eigenvalue weighted by atomic mass is 19.4. The minimum absolute atomic E-state index is 0.103. The van der Waals surface area contributed by atoms with Crippen molar-refractivity contribution in [3.63, 3.8) is 0 Å². The Morgan fingerprint density at radius 3 is 2.27 bits per heavy atom. The summed E-state index contributed by atoms with van der Waals surface area (Å²) in [5.74, 6) is -0.103. The summed E-state index contributed by atoms with van der Waals surface area (Å²) in [6.07, 6.45) is -5.21. The maximum Gasteiger partial charge on any atom is 0.416 e. The topological polar surface area (TPSA) is 20.2 Å². The lowest BCUT2D eigenvalue weighted by Crippen LogP contribution is -2.09. The Morgan fingerprint density at radius 1 is 1.20 bits per heavy atom. The molecule has 0 saturated carbocycles. The van der Waals surface area contributed by atoms with Crippen LogP contribution in [-0.2, 0) is 6.18 Å². The van der Waals surface area contributed by atoms with E-state index in [0.717, 1.165) is 12.1 Å². The smallest absolute Gasteiger partial charge is 0.388 e. The maximum absolute atomic E-state index is 12.4. The molecule has 1 aromatic rings. The molecule has 4 heteroatoms. The van der Waals surface area contributed by atoms with Crippen LogP contribution in [0.25, 0.3) is 0 Å². The molecular weight excluding hydrogens is 205 g/mol. The average Bonchev–Trinajstić information content (AvgIpc) is 2.15. The molecule has 1 rings (SSSR count). The summed E-state index contributed by atoms with van der Waals surface area (Å²) in [4.78, 5) is 0. The third kappa shape index (κ3) is 2.96. The molecule has 0 radical (unpaired) electrons. The lowest BCUT2D eigenvalue weighted by molar-refractivity contribution is -0.137. The van der Waals surface area contributed by atoms with Gasteiger partial charge in [-0.25, -0.2) is 0 Å². The number of halogens is 3. The van der Waals surface area contributed by atoms with Crippen molar-refractivity contribution >= 4 is 0 Å². The zero-order valence-corrected chi connectivity index (χ0v) is 8.55. The Labute approximate surface area is 86.5 Å². The molecule has 0 aliphatic carbocycles.